The molecule has 2 fully saturated rings. The monoisotopic (exact) mass is 553 g/mol. The third kappa shape index (κ3) is 4.06. The molecule has 40 heavy (non-hydrogen) atoms. The number of Topliss-reactive ketones (excluding diaryl/α,β-unsaturated/α-hetero) is 3. The van der Waals surface area contributed by atoms with Gasteiger partial charge in [0.2, 0.25) is 5.78 Å². The van der Waals surface area contributed by atoms with Gasteiger partial charge < -0.3 is 31.1 Å². The van der Waals surface area contributed by atoms with Crippen molar-refractivity contribution in [2.75, 3.05) is 34.2 Å². The van der Waals surface area contributed by atoms with E-state index in [0.717, 1.165) is 25.9 Å². The van der Waals surface area contributed by atoms with E-state index in [1.54, 1.807) is 14.1 Å². The van der Waals surface area contributed by atoms with Gasteiger partial charge in [0, 0.05) is 23.5 Å². The molecule has 5 rings (SSSR count). The molecule has 1 aromatic rings. The Balaban J connectivity index is 1.60. The zero-order valence-corrected chi connectivity index (χ0v) is 22.8. The summed E-state index contributed by atoms with van der Waals surface area (Å²) < 4.78 is 0. The second kappa shape index (κ2) is 9.83. The van der Waals surface area contributed by atoms with Gasteiger partial charge in [-0.2, -0.15) is 0 Å². The average molecular weight is 554 g/mol. The number of ketones is 3. The first-order chi connectivity index (χ1) is 18.8. The topological polar surface area (TPSA) is 182 Å². The van der Waals surface area contributed by atoms with E-state index in [0.29, 0.717) is 17.5 Å². The van der Waals surface area contributed by atoms with Gasteiger partial charge in [0.05, 0.1) is 11.6 Å². The number of aliphatic hydroxyl groups excluding tert-OH is 2. The van der Waals surface area contributed by atoms with Crippen LogP contribution in [0.25, 0.3) is 5.76 Å². The number of aliphatic hydroxyl groups is 3. The lowest BCUT2D eigenvalue weighted by Gasteiger charge is -2.50. The number of phenolic OH excluding ortho intramolecular Hbond substituents is 1. The van der Waals surface area contributed by atoms with E-state index in [2.05, 4.69) is 4.90 Å². The molecule has 11 nitrogen and oxygen atoms in total. The fourth-order valence-corrected chi connectivity index (χ4v) is 7.14. The predicted molar refractivity (Wildman–Crippen MR) is 143 cm³/mol. The van der Waals surface area contributed by atoms with Crippen LogP contribution in [0.3, 0.4) is 0 Å². The number of nitrogens with two attached hydrogens (primary N) is 1. The molecule has 3 aliphatic carbocycles. The standard InChI is InChI=1S/C29H35N3O8/c1-31(2)23-17-12-14-11-16-15(19(34)10-13-6-8-32(3)9-7-13)4-5-18(33)21(16)24(35)20(14)26(37)29(17,40)27(38)22(25(23)36)28(30)39/h4-5,13-14,17,23,33,35,38,40H,6-12H2,1-3H3,(H2,30,39)/t14-,17-,23-,29-/m1/s1. The number of carbonyl (C=O) groups is 4. The van der Waals surface area contributed by atoms with Gasteiger partial charge in [-0.1, -0.05) is 0 Å². The molecule has 1 heterocycles. The maximum Gasteiger partial charge on any atom is 0.255 e. The molecule has 4 atom stereocenters. The second-order valence-electron chi connectivity index (χ2n) is 11.8. The number of aromatic hydroxyl groups is 1. The van der Waals surface area contributed by atoms with Crippen LogP contribution in [0.15, 0.2) is 29.0 Å². The molecular weight excluding hydrogens is 518 g/mol. The summed E-state index contributed by atoms with van der Waals surface area (Å²) in [6.07, 6.45) is 2.17. The maximum absolute atomic E-state index is 13.9. The molecule has 1 saturated heterocycles. The number of fused-ring (bicyclic) bond motifs is 3. The summed E-state index contributed by atoms with van der Waals surface area (Å²) in [5.74, 6) is -7.02. The van der Waals surface area contributed by atoms with Gasteiger partial charge in [0.25, 0.3) is 5.91 Å². The minimum Gasteiger partial charge on any atom is -0.508 e. The quantitative estimate of drug-likeness (QED) is 0.259. The van der Waals surface area contributed by atoms with Crippen molar-refractivity contribution in [1.82, 2.24) is 9.80 Å². The predicted octanol–water partition coefficient (Wildman–Crippen LogP) is 0.879. The minimum atomic E-state index is -2.69. The van der Waals surface area contributed by atoms with E-state index >= 15 is 0 Å². The lowest BCUT2D eigenvalue weighted by Crippen LogP contribution is -2.65. The van der Waals surface area contributed by atoms with Gasteiger partial charge >= 0.3 is 0 Å². The number of nitrogens with zero attached hydrogens (tertiary/aromatic N) is 2. The van der Waals surface area contributed by atoms with E-state index < -0.39 is 58.0 Å². The van der Waals surface area contributed by atoms with Crippen molar-refractivity contribution in [3.8, 4) is 5.75 Å². The van der Waals surface area contributed by atoms with Crippen LogP contribution in [0.5, 0.6) is 5.75 Å². The zero-order valence-electron chi connectivity index (χ0n) is 22.8. The van der Waals surface area contributed by atoms with Crippen molar-refractivity contribution in [1.29, 1.82) is 0 Å². The Morgan fingerprint density at radius 2 is 1.77 bits per heavy atom. The van der Waals surface area contributed by atoms with Gasteiger partial charge in [-0.25, -0.2) is 0 Å². The summed E-state index contributed by atoms with van der Waals surface area (Å²) in [6, 6.07) is 1.67. The second-order valence-corrected chi connectivity index (χ2v) is 11.8. The zero-order chi connectivity index (χ0) is 29.3. The number of likely N-dealkylation sites (tertiary alicyclic amines) is 1. The highest BCUT2D eigenvalue weighted by molar-refractivity contribution is 6.24. The molecular formula is C29H35N3O8. The number of piperidine rings is 1. The Labute approximate surface area is 231 Å². The molecule has 6 N–H and O–H groups in total. The number of benzene rings is 1. The Hall–Kier alpha value is -3.54. The number of hydrogen-bond acceptors (Lipinski definition) is 10. The van der Waals surface area contributed by atoms with Gasteiger partial charge in [-0.15, -0.1) is 0 Å². The SMILES string of the molecule is CN1CCC(CC(=O)c2ccc(O)c3c2C[C@@H]2C[C@@H]4[C@@H](N(C)C)C(=O)C(C(N)=O)=C(O)[C@]4(O)C(=O)C2=C3O)CC1. The van der Waals surface area contributed by atoms with E-state index in [9.17, 15) is 39.6 Å². The van der Waals surface area contributed by atoms with Gasteiger partial charge in [-0.3, -0.25) is 24.1 Å². The van der Waals surface area contributed by atoms with Crippen LogP contribution in [0.1, 0.15) is 47.2 Å². The minimum absolute atomic E-state index is 0.0238. The number of primary amides is 1. The summed E-state index contributed by atoms with van der Waals surface area (Å²) in [5.41, 5.74) is 2.27. The molecule has 1 aliphatic heterocycles. The number of rotatable bonds is 5. The van der Waals surface area contributed by atoms with Crippen molar-refractivity contribution in [2.45, 2.75) is 43.7 Å². The summed E-state index contributed by atoms with van der Waals surface area (Å²) in [7, 11) is 5.13. The largest absolute Gasteiger partial charge is 0.508 e. The molecule has 214 valence electrons. The lowest BCUT2D eigenvalue weighted by molar-refractivity contribution is -0.153. The van der Waals surface area contributed by atoms with Crippen molar-refractivity contribution in [3.05, 3.63) is 45.7 Å². The Bertz CT molecular complexity index is 1390. The van der Waals surface area contributed by atoms with Crippen LogP contribution >= 0.6 is 0 Å². The molecule has 1 amide bonds. The van der Waals surface area contributed by atoms with Gasteiger partial charge in [0.15, 0.2) is 17.2 Å². The lowest BCUT2D eigenvalue weighted by atomic mass is 9.57. The summed E-state index contributed by atoms with van der Waals surface area (Å²) >= 11 is 0. The molecule has 0 unspecified atom stereocenters. The van der Waals surface area contributed by atoms with E-state index in [4.69, 9.17) is 5.73 Å². The molecule has 1 saturated carbocycles. The highest BCUT2D eigenvalue weighted by Crippen LogP contribution is 2.53. The molecule has 11 heteroatoms. The highest BCUT2D eigenvalue weighted by Gasteiger charge is 2.64. The van der Waals surface area contributed by atoms with E-state index in [1.165, 1.54) is 17.0 Å². The summed E-state index contributed by atoms with van der Waals surface area (Å²) in [5, 5.41) is 44.7. The summed E-state index contributed by atoms with van der Waals surface area (Å²) in [4.78, 5) is 56.4. The summed E-state index contributed by atoms with van der Waals surface area (Å²) in [6.45, 7) is 1.80. The maximum atomic E-state index is 13.9. The van der Waals surface area contributed by atoms with Crippen molar-refractivity contribution in [3.63, 3.8) is 0 Å². The van der Waals surface area contributed by atoms with Crippen LogP contribution in [-0.2, 0) is 20.8 Å². The van der Waals surface area contributed by atoms with Crippen LogP contribution in [0.4, 0.5) is 0 Å². The smallest absolute Gasteiger partial charge is 0.255 e. The average Bonchev–Trinajstić information content (AvgIpc) is 2.87. The van der Waals surface area contributed by atoms with Crippen molar-refractivity contribution < 1.29 is 39.6 Å². The number of amides is 1. The number of likely N-dealkylation sites (N-methyl/N-ethyl adjacent to an activating group) is 1. The van der Waals surface area contributed by atoms with Crippen LogP contribution in [0.2, 0.25) is 0 Å². The Kier molecular flexibility index (Phi) is 6.88. The Morgan fingerprint density at radius 3 is 2.38 bits per heavy atom. The van der Waals surface area contributed by atoms with E-state index in [-0.39, 0.29) is 41.4 Å². The molecule has 0 spiro atoms. The van der Waals surface area contributed by atoms with Gasteiger partial charge in [0.1, 0.15) is 22.8 Å². The highest BCUT2D eigenvalue weighted by atomic mass is 16.3. The third-order valence-corrected chi connectivity index (χ3v) is 9.22. The van der Waals surface area contributed by atoms with Gasteiger partial charge in [-0.05, 0) is 89.4 Å². The first kappa shape index (κ1) is 28.0. The molecule has 0 radical (unpaired) electrons. The number of carbonyl (C=O) groups excluding carboxylic acids is 4. The van der Waals surface area contributed by atoms with Crippen molar-refractivity contribution >= 4 is 29.0 Å². The van der Waals surface area contributed by atoms with Crippen LogP contribution in [-0.4, -0.2) is 99.4 Å². The normalized spacial score (nSPS) is 29.4. The molecule has 0 bridgehead atoms. The molecule has 0 aromatic heterocycles. The molecule has 1 aromatic carbocycles. The van der Waals surface area contributed by atoms with Crippen molar-refractivity contribution in [2.24, 2.45) is 23.5 Å². The molecule has 4 aliphatic rings. The number of hydrogen-bond donors (Lipinski definition) is 5. The first-order valence-electron chi connectivity index (χ1n) is 13.5. The first-order valence-corrected chi connectivity index (χ1v) is 13.5. The van der Waals surface area contributed by atoms with Crippen LogP contribution in [0, 0.1) is 17.8 Å². The van der Waals surface area contributed by atoms with Crippen LogP contribution < -0.4 is 5.73 Å². The fraction of sp³-hybridized carbons (Fsp3) is 0.517. The third-order valence-electron chi connectivity index (χ3n) is 9.22. The fourth-order valence-electron chi connectivity index (χ4n) is 7.14. The Morgan fingerprint density at radius 1 is 1.12 bits per heavy atom. The van der Waals surface area contributed by atoms with E-state index in [1.807, 2.05) is 7.05 Å². The number of phenols is 1.